The van der Waals surface area contributed by atoms with Gasteiger partial charge in [-0.25, -0.2) is 18.4 Å². The summed E-state index contributed by atoms with van der Waals surface area (Å²) in [5, 5.41) is 1.03. The molecule has 1 N–H and O–H groups in total. The lowest BCUT2D eigenvalue weighted by molar-refractivity contribution is -0.134. The first-order valence-corrected chi connectivity index (χ1v) is 13.4. The number of methoxy groups -OCH3 is 1. The highest BCUT2D eigenvalue weighted by Crippen LogP contribution is 2.30. The summed E-state index contributed by atoms with van der Waals surface area (Å²) in [6, 6.07) is 15.7. The van der Waals surface area contributed by atoms with Gasteiger partial charge in [-0.3, -0.25) is 9.52 Å². The largest absolute Gasteiger partial charge is 0.495 e. The molecule has 11 heteroatoms. The molecule has 1 fully saturated rings. The van der Waals surface area contributed by atoms with Crippen LogP contribution in [0.25, 0.3) is 10.9 Å². The number of piperazine rings is 1. The fourth-order valence-corrected chi connectivity index (χ4v) is 5.63. The van der Waals surface area contributed by atoms with E-state index in [1.807, 2.05) is 46.9 Å². The molecule has 2 aromatic heterocycles. The molecule has 1 atom stereocenters. The van der Waals surface area contributed by atoms with Crippen molar-refractivity contribution in [2.75, 3.05) is 42.9 Å². The topological polar surface area (TPSA) is 110 Å². The van der Waals surface area contributed by atoms with Crippen LogP contribution in [-0.4, -0.2) is 67.0 Å². The Kier molecular flexibility index (Phi) is 6.70. The maximum Gasteiger partial charge on any atom is 0.263 e. The van der Waals surface area contributed by atoms with E-state index in [0.717, 1.165) is 22.3 Å². The van der Waals surface area contributed by atoms with Gasteiger partial charge in [0.25, 0.3) is 10.0 Å². The first kappa shape index (κ1) is 24.6. The lowest BCUT2D eigenvalue weighted by atomic mass is 10.2. The number of anilines is 2. The van der Waals surface area contributed by atoms with Gasteiger partial charge in [0.05, 0.1) is 17.5 Å². The van der Waals surface area contributed by atoms with Gasteiger partial charge in [-0.15, -0.1) is 0 Å². The first-order valence-electron chi connectivity index (χ1n) is 11.9. The minimum Gasteiger partial charge on any atom is -0.495 e. The number of para-hydroxylation sites is 1. The number of sulfonamides is 1. The van der Waals surface area contributed by atoms with Crippen molar-refractivity contribution < 1.29 is 19.4 Å². The number of aromatic nitrogens is 3. The van der Waals surface area contributed by atoms with E-state index in [1.165, 1.54) is 18.6 Å². The average molecular weight is 523 g/mol. The molecule has 1 amide bonds. The Morgan fingerprint density at radius 2 is 1.81 bits per heavy atom. The number of hydrogen-bond donors (Lipinski definition) is 1. The fraction of sp³-hybridized carbons (Fsp3) is 0.269. The number of fused-ring (bicyclic) bond motifs is 1. The first-order chi connectivity index (χ1) is 17.9. The van der Waals surface area contributed by atoms with E-state index >= 15 is 0 Å². The number of carbonyl (C=O) groups excluding carboxylic acids is 1. The van der Waals surface area contributed by atoms with Crippen LogP contribution in [0.3, 0.4) is 0 Å². The molecule has 1 aliphatic rings. The fourth-order valence-electron chi connectivity index (χ4n) is 4.62. The van der Waals surface area contributed by atoms with E-state index in [9.17, 15) is 13.2 Å². The van der Waals surface area contributed by atoms with Gasteiger partial charge in [-0.05, 0) is 49.4 Å². The molecule has 37 heavy (non-hydrogen) atoms. The van der Waals surface area contributed by atoms with Crippen molar-refractivity contribution in [2.24, 2.45) is 0 Å². The molecule has 4 aromatic rings. The van der Waals surface area contributed by atoms with Crippen molar-refractivity contribution in [3.63, 3.8) is 0 Å². The predicted octanol–water partition coefficient (Wildman–Crippen LogP) is 3.40. The summed E-state index contributed by atoms with van der Waals surface area (Å²) in [6.45, 7) is 4.37. The Morgan fingerprint density at radius 3 is 2.49 bits per heavy atom. The molecule has 10 nitrogen and oxygen atoms in total. The van der Waals surface area contributed by atoms with E-state index in [-0.39, 0.29) is 24.1 Å². The van der Waals surface area contributed by atoms with Crippen LogP contribution in [0.5, 0.6) is 5.75 Å². The van der Waals surface area contributed by atoms with Crippen LogP contribution in [0.15, 0.2) is 78.2 Å². The predicted molar refractivity (Wildman–Crippen MR) is 143 cm³/mol. The number of nitrogens with zero attached hydrogens (tertiary/aromatic N) is 5. The summed E-state index contributed by atoms with van der Waals surface area (Å²) >= 11 is 0. The van der Waals surface area contributed by atoms with E-state index in [0.29, 0.717) is 26.2 Å². The molecular weight excluding hydrogens is 492 g/mol. The monoisotopic (exact) mass is 522 g/mol. The Hall–Kier alpha value is -4.12. The molecule has 1 unspecified atom stereocenters. The van der Waals surface area contributed by atoms with Crippen LogP contribution in [0, 0.1) is 0 Å². The third kappa shape index (κ3) is 4.94. The molecule has 1 saturated heterocycles. The van der Waals surface area contributed by atoms with E-state index in [4.69, 9.17) is 4.74 Å². The van der Waals surface area contributed by atoms with Crippen molar-refractivity contribution in [1.82, 2.24) is 19.4 Å². The van der Waals surface area contributed by atoms with Crippen LogP contribution < -0.4 is 14.4 Å². The normalized spacial score (nSPS) is 15.0. The van der Waals surface area contributed by atoms with Gasteiger partial charge in [-0.1, -0.05) is 12.1 Å². The van der Waals surface area contributed by atoms with Gasteiger partial charge in [0.15, 0.2) is 0 Å². The second-order valence-electron chi connectivity index (χ2n) is 8.80. The molecule has 194 valence electrons. The number of ether oxygens (including phenoxy) is 1. The van der Waals surface area contributed by atoms with E-state index in [2.05, 4.69) is 19.6 Å². The lowest BCUT2D eigenvalue weighted by Gasteiger charge is -2.37. The number of hydrogen-bond acceptors (Lipinski definition) is 7. The molecule has 0 radical (unpaired) electrons. The number of rotatable bonds is 7. The van der Waals surface area contributed by atoms with E-state index in [1.54, 1.807) is 31.4 Å². The lowest BCUT2D eigenvalue weighted by Crippen LogP contribution is -2.50. The van der Waals surface area contributed by atoms with Gasteiger partial charge < -0.3 is 19.1 Å². The quantitative estimate of drug-likeness (QED) is 0.396. The number of nitrogens with one attached hydrogen (secondary N) is 1. The Labute approximate surface area is 217 Å². The molecule has 0 bridgehead atoms. The molecule has 0 spiro atoms. The summed E-state index contributed by atoms with van der Waals surface area (Å²) in [5.41, 5.74) is 1.82. The maximum atomic E-state index is 13.4. The third-order valence-electron chi connectivity index (χ3n) is 6.62. The van der Waals surface area contributed by atoms with Gasteiger partial charge in [0.2, 0.25) is 5.91 Å². The van der Waals surface area contributed by atoms with E-state index < -0.39 is 10.0 Å². The SMILES string of the molecule is COc1cccc2ccn(C(C)C(=O)N3CCN(c4ccc(S(=O)(=O)Nc5ccncn5)cc4)CC3)c12.[HH]. The zero-order chi connectivity index (χ0) is 26.0. The Balaban J connectivity index is 0.00000336. The highest BCUT2D eigenvalue weighted by Gasteiger charge is 2.27. The summed E-state index contributed by atoms with van der Waals surface area (Å²) in [6.07, 6.45) is 4.68. The van der Waals surface area contributed by atoms with Crippen molar-refractivity contribution in [2.45, 2.75) is 17.9 Å². The van der Waals surface area contributed by atoms with Gasteiger partial charge in [-0.2, -0.15) is 0 Å². The second kappa shape index (κ2) is 10.1. The number of carbonyl (C=O) groups is 1. The van der Waals surface area contributed by atoms with Crippen molar-refractivity contribution in [3.05, 3.63) is 73.3 Å². The molecule has 2 aromatic carbocycles. The molecule has 1 aliphatic heterocycles. The standard InChI is InChI=1S/C26H28N6O4S.H2/c1-19(32-13-11-20-4-3-5-23(36-2)25(20)32)26(33)31-16-14-30(15-17-31)21-6-8-22(9-7-21)37(34,35)29-24-10-12-27-18-28-24;/h3-13,18-19H,14-17H2,1-2H3,(H,27,28,29);1H. The molecule has 0 saturated carbocycles. The minimum absolute atomic E-state index is 0. The summed E-state index contributed by atoms with van der Waals surface area (Å²) in [7, 11) is -2.12. The number of amides is 1. The Bertz CT molecular complexity index is 1500. The summed E-state index contributed by atoms with van der Waals surface area (Å²) in [5.74, 6) is 1.01. The Morgan fingerprint density at radius 1 is 1.05 bits per heavy atom. The second-order valence-corrected chi connectivity index (χ2v) is 10.5. The van der Waals surface area contributed by atoms with Crippen molar-refractivity contribution in [1.29, 1.82) is 0 Å². The number of benzene rings is 2. The van der Waals surface area contributed by atoms with Crippen LogP contribution in [0.1, 0.15) is 14.4 Å². The van der Waals surface area contributed by atoms with Crippen LogP contribution in [-0.2, 0) is 14.8 Å². The maximum absolute atomic E-state index is 13.4. The summed E-state index contributed by atoms with van der Waals surface area (Å²) < 4.78 is 35.2. The van der Waals surface area contributed by atoms with Crippen molar-refractivity contribution in [3.8, 4) is 5.75 Å². The highest BCUT2D eigenvalue weighted by atomic mass is 32.2. The van der Waals surface area contributed by atoms with Crippen LogP contribution >= 0.6 is 0 Å². The minimum atomic E-state index is -3.76. The van der Waals surface area contributed by atoms with Crippen molar-refractivity contribution >= 4 is 38.3 Å². The molecule has 5 rings (SSSR count). The molecule has 0 aliphatic carbocycles. The van der Waals surface area contributed by atoms with Gasteiger partial charge >= 0.3 is 0 Å². The highest BCUT2D eigenvalue weighted by molar-refractivity contribution is 7.92. The average Bonchev–Trinajstić information content (AvgIpc) is 3.37. The molecular formula is C26H30N6O4S. The van der Waals surface area contributed by atoms with Gasteiger partial charge in [0.1, 0.15) is 23.9 Å². The van der Waals surface area contributed by atoms with Crippen LogP contribution in [0.4, 0.5) is 11.5 Å². The zero-order valence-electron chi connectivity index (χ0n) is 20.6. The van der Waals surface area contributed by atoms with Gasteiger partial charge in [0, 0.05) is 51.1 Å². The smallest absolute Gasteiger partial charge is 0.263 e. The zero-order valence-corrected chi connectivity index (χ0v) is 21.4. The molecule has 3 heterocycles. The van der Waals surface area contributed by atoms with Crippen LogP contribution in [0.2, 0.25) is 0 Å². The summed E-state index contributed by atoms with van der Waals surface area (Å²) in [4.78, 5) is 25.2. The third-order valence-corrected chi connectivity index (χ3v) is 7.99.